The number of aryl methyl sites for hydroxylation is 1. The summed E-state index contributed by atoms with van der Waals surface area (Å²) in [5, 5.41) is 2.96. The van der Waals surface area contributed by atoms with Gasteiger partial charge in [-0.25, -0.2) is 0 Å². The van der Waals surface area contributed by atoms with Crippen LogP contribution in [-0.4, -0.2) is 12.5 Å². The maximum absolute atomic E-state index is 11.9. The molecule has 0 aliphatic rings. The van der Waals surface area contributed by atoms with Crippen molar-refractivity contribution in [3.63, 3.8) is 0 Å². The number of carbonyl (C=O) groups is 1. The van der Waals surface area contributed by atoms with E-state index in [9.17, 15) is 4.79 Å². The molecule has 1 amide bonds. The van der Waals surface area contributed by atoms with Crippen LogP contribution in [0.15, 0.2) is 24.3 Å². The van der Waals surface area contributed by atoms with Crippen molar-refractivity contribution >= 4 is 5.91 Å². The summed E-state index contributed by atoms with van der Waals surface area (Å²) in [5.41, 5.74) is 7.44. The predicted octanol–water partition coefficient (Wildman–Crippen LogP) is 1.99. The van der Waals surface area contributed by atoms with Gasteiger partial charge in [0.05, 0.1) is 0 Å². The van der Waals surface area contributed by atoms with E-state index in [1.54, 1.807) is 0 Å². The number of amides is 1. The predicted molar refractivity (Wildman–Crippen MR) is 70.5 cm³/mol. The number of rotatable bonds is 5. The Labute approximate surface area is 103 Å². The zero-order valence-electron chi connectivity index (χ0n) is 10.9. The first-order chi connectivity index (χ1) is 7.95. The molecule has 1 aromatic rings. The molecule has 0 saturated carbocycles. The van der Waals surface area contributed by atoms with E-state index >= 15 is 0 Å². The summed E-state index contributed by atoms with van der Waals surface area (Å²) in [6.07, 6.45) is 0.701. The molecule has 0 atom stereocenters. The molecule has 0 aliphatic heterocycles. The molecular weight excluding hydrogens is 212 g/mol. The molecule has 0 unspecified atom stereocenters. The van der Waals surface area contributed by atoms with E-state index in [1.807, 2.05) is 39.0 Å². The molecule has 3 N–H and O–H groups in total. The van der Waals surface area contributed by atoms with Crippen molar-refractivity contribution in [3.8, 4) is 0 Å². The highest BCUT2D eigenvalue weighted by atomic mass is 16.2. The highest BCUT2D eigenvalue weighted by Gasteiger charge is 2.25. The van der Waals surface area contributed by atoms with E-state index < -0.39 is 5.41 Å². The zero-order chi connectivity index (χ0) is 12.9. The molecule has 0 radical (unpaired) electrons. The van der Waals surface area contributed by atoms with Crippen LogP contribution in [0, 0.1) is 12.3 Å². The van der Waals surface area contributed by atoms with Crippen LogP contribution in [0.1, 0.15) is 31.4 Å². The van der Waals surface area contributed by atoms with Gasteiger partial charge in [0.15, 0.2) is 0 Å². The number of hydrogen-bond acceptors (Lipinski definition) is 2. The second-order valence-electron chi connectivity index (χ2n) is 5.09. The van der Waals surface area contributed by atoms with Crippen molar-refractivity contribution in [1.29, 1.82) is 0 Å². The highest BCUT2D eigenvalue weighted by Crippen LogP contribution is 2.19. The second kappa shape index (κ2) is 5.82. The van der Waals surface area contributed by atoms with Crippen LogP contribution in [0.2, 0.25) is 0 Å². The Bertz CT molecular complexity index is 386. The minimum absolute atomic E-state index is 0.0597. The lowest BCUT2D eigenvalue weighted by Gasteiger charge is -2.22. The maximum Gasteiger partial charge on any atom is 0.225 e. The Morgan fingerprint density at radius 1 is 1.41 bits per heavy atom. The third kappa shape index (κ3) is 4.19. The minimum Gasteiger partial charge on any atom is -0.352 e. The van der Waals surface area contributed by atoms with E-state index in [0.29, 0.717) is 19.5 Å². The number of nitrogens with two attached hydrogens (primary N) is 1. The lowest BCUT2D eigenvalue weighted by atomic mass is 9.88. The van der Waals surface area contributed by atoms with Gasteiger partial charge in [0.2, 0.25) is 5.91 Å². The molecule has 3 nitrogen and oxygen atoms in total. The summed E-state index contributed by atoms with van der Waals surface area (Å²) in [4.78, 5) is 11.9. The topological polar surface area (TPSA) is 55.1 Å². The lowest BCUT2D eigenvalue weighted by molar-refractivity contribution is -0.129. The number of carbonyl (C=O) groups excluding carboxylic acids is 1. The third-order valence-electron chi connectivity index (χ3n) is 2.92. The fraction of sp³-hybridized carbons (Fsp3) is 0.500. The summed E-state index contributed by atoms with van der Waals surface area (Å²) < 4.78 is 0. The molecule has 17 heavy (non-hydrogen) atoms. The fourth-order valence-electron chi connectivity index (χ4n) is 1.72. The number of nitrogens with one attached hydrogen (secondary N) is 1. The van der Waals surface area contributed by atoms with Crippen molar-refractivity contribution < 1.29 is 4.79 Å². The zero-order valence-corrected chi connectivity index (χ0v) is 10.9. The molecule has 0 spiro atoms. The first-order valence-electron chi connectivity index (χ1n) is 5.99. The van der Waals surface area contributed by atoms with Crippen molar-refractivity contribution in [2.24, 2.45) is 11.1 Å². The van der Waals surface area contributed by atoms with Crippen molar-refractivity contribution in [2.75, 3.05) is 6.54 Å². The molecule has 0 aliphatic carbocycles. The van der Waals surface area contributed by atoms with Crippen LogP contribution in [0.4, 0.5) is 0 Å². The van der Waals surface area contributed by atoms with Gasteiger partial charge >= 0.3 is 0 Å². The van der Waals surface area contributed by atoms with E-state index in [0.717, 1.165) is 5.56 Å². The number of benzene rings is 1. The van der Waals surface area contributed by atoms with Crippen molar-refractivity contribution in [2.45, 2.75) is 33.7 Å². The molecule has 0 aromatic heterocycles. The summed E-state index contributed by atoms with van der Waals surface area (Å²) in [5.74, 6) is 0.0597. The van der Waals surface area contributed by atoms with Crippen LogP contribution >= 0.6 is 0 Å². The van der Waals surface area contributed by atoms with Gasteiger partial charge in [-0.15, -0.1) is 0 Å². The smallest absolute Gasteiger partial charge is 0.225 e. The Morgan fingerprint density at radius 2 is 2.12 bits per heavy atom. The minimum atomic E-state index is -0.390. The van der Waals surface area contributed by atoms with Crippen molar-refractivity contribution in [3.05, 3.63) is 35.4 Å². The fourth-order valence-corrected chi connectivity index (χ4v) is 1.72. The highest BCUT2D eigenvalue weighted by molar-refractivity contribution is 5.81. The average Bonchev–Trinajstić information content (AvgIpc) is 2.26. The summed E-state index contributed by atoms with van der Waals surface area (Å²) in [6, 6.07) is 8.14. The molecule has 0 saturated heterocycles. The first-order valence-corrected chi connectivity index (χ1v) is 5.99. The SMILES string of the molecule is Cc1cccc(CNC(=O)C(C)(C)CCN)c1. The molecule has 0 bridgehead atoms. The monoisotopic (exact) mass is 234 g/mol. The van der Waals surface area contributed by atoms with E-state index in [2.05, 4.69) is 11.4 Å². The quantitative estimate of drug-likeness (QED) is 0.818. The molecule has 0 heterocycles. The lowest BCUT2D eigenvalue weighted by Crippen LogP contribution is -2.37. The van der Waals surface area contributed by atoms with Crippen LogP contribution < -0.4 is 11.1 Å². The molecule has 0 fully saturated rings. The van der Waals surface area contributed by atoms with Gasteiger partial charge < -0.3 is 11.1 Å². The van der Waals surface area contributed by atoms with E-state index in [1.165, 1.54) is 5.56 Å². The average molecular weight is 234 g/mol. The number of hydrogen-bond donors (Lipinski definition) is 2. The van der Waals surface area contributed by atoms with Crippen LogP contribution in [-0.2, 0) is 11.3 Å². The van der Waals surface area contributed by atoms with Gasteiger partial charge in [-0.1, -0.05) is 43.7 Å². The van der Waals surface area contributed by atoms with Crippen LogP contribution in [0.3, 0.4) is 0 Å². The van der Waals surface area contributed by atoms with Gasteiger partial charge in [0.1, 0.15) is 0 Å². The van der Waals surface area contributed by atoms with Gasteiger partial charge in [0, 0.05) is 12.0 Å². The van der Waals surface area contributed by atoms with E-state index in [-0.39, 0.29) is 5.91 Å². The molecule has 1 aromatic carbocycles. The normalized spacial score (nSPS) is 11.3. The molecule has 3 heteroatoms. The Hall–Kier alpha value is -1.35. The van der Waals surface area contributed by atoms with Gasteiger partial charge in [-0.3, -0.25) is 4.79 Å². The summed E-state index contributed by atoms with van der Waals surface area (Å²) in [6.45, 7) is 7.00. The molecular formula is C14H22N2O. The van der Waals surface area contributed by atoms with Gasteiger partial charge in [-0.05, 0) is 25.5 Å². The first kappa shape index (κ1) is 13.7. The second-order valence-corrected chi connectivity index (χ2v) is 5.09. The van der Waals surface area contributed by atoms with Crippen molar-refractivity contribution in [1.82, 2.24) is 5.32 Å². The molecule has 94 valence electrons. The summed E-state index contributed by atoms with van der Waals surface area (Å²) in [7, 11) is 0. The van der Waals surface area contributed by atoms with Crippen LogP contribution in [0.25, 0.3) is 0 Å². The summed E-state index contributed by atoms with van der Waals surface area (Å²) >= 11 is 0. The van der Waals surface area contributed by atoms with E-state index in [4.69, 9.17) is 5.73 Å². The third-order valence-corrected chi connectivity index (χ3v) is 2.92. The Kier molecular flexibility index (Phi) is 4.70. The van der Waals surface area contributed by atoms with Crippen LogP contribution in [0.5, 0.6) is 0 Å². The molecule has 1 rings (SSSR count). The Balaban J connectivity index is 2.54. The largest absolute Gasteiger partial charge is 0.352 e. The Morgan fingerprint density at radius 3 is 2.71 bits per heavy atom. The van der Waals surface area contributed by atoms with Gasteiger partial charge in [0.25, 0.3) is 0 Å². The standard InChI is InChI=1S/C14H22N2O/c1-11-5-4-6-12(9-11)10-16-13(17)14(2,3)7-8-15/h4-6,9H,7-8,10,15H2,1-3H3,(H,16,17). The maximum atomic E-state index is 11.9. The van der Waals surface area contributed by atoms with Gasteiger partial charge in [-0.2, -0.15) is 0 Å².